The first-order valence-electron chi connectivity index (χ1n) is 8.92. The Morgan fingerprint density at radius 1 is 0.880 bits per heavy atom. The predicted octanol–water partition coefficient (Wildman–Crippen LogP) is 5.22. The average molecular weight is 335 g/mol. The lowest BCUT2D eigenvalue weighted by atomic mass is 9.97. The summed E-state index contributed by atoms with van der Waals surface area (Å²) >= 11 is 0. The lowest BCUT2D eigenvalue weighted by Crippen LogP contribution is -2.40. The number of hydrogen-bond donors (Lipinski definition) is 0. The van der Waals surface area contributed by atoms with Gasteiger partial charge in [0, 0.05) is 17.6 Å². The Morgan fingerprint density at radius 3 is 2.00 bits per heavy atom. The molecular weight excluding hydrogens is 306 g/mol. The van der Waals surface area contributed by atoms with Gasteiger partial charge in [-0.3, -0.25) is 4.90 Å². The van der Waals surface area contributed by atoms with Gasteiger partial charge in [0.2, 0.25) is 0 Å². The first-order valence-corrected chi connectivity index (χ1v) is 8.92. The fraction of sp³-hybridized carbons (Fsp3) is 0.391. The average Bonchev–Trinajstić information content (AvgIpc) is 2.59. The fourth-order valence-electron chi connectivity index (χ4n) is 3.23. The molecular formula is C23H29NO. The highest BCUT2D eigenvalue weighted by atomic mass is 16.5. The summed E-state index contributed by atoms with van der Waals surface area (Å²) in [7, 11) is 1.68. The number of hydrogen-bond acceptors (Lipinski definition) is 2. The van der Waals surface area contributed by atoms with Gasteiger partial charge in [-0.15, -0.1) is 0 Å². The Bertz CT molecular complexity index is 727. The van der Waals surface area contributed by atoms with E-state index in [1.54, 1.807) is 7.11 Å². The third kappa shape index (κ3) is 4.87. The van der Waals surface area contributed by atoms with Crippen molar-refractivity contribution in [1.29, 1.82) is 0 Å². The molecule has 0 spiro atoms. The van der Waals surface area contributed by atoms with Gasteiger partial charge >= 0.3 is 0 Å². The standard InChI is InChI=1S/C23H29NO/c1-17(2)24(18(3)4)23(22-10-8-7-9-19(22)5)16-13-20-11-14-21(25-6)15-12-20/h7-12,14-15,17-18,23H,1-6H3/t23-/m0/s1. The van der Waals surface area contributed by atoms with Crippen LogP contribution in [-0.4, -0.2) is 24.1 Å². The molecule has 0 aromatic heterocycles. The normalized spacial score (nSPS) is 12.2. The quantitative estimate of drug-likeness (QED) is 0.695. The third-order valence-electron chi connectivity index (χ3n) is 4.42. The van der Waals surface area contributed by atoms with Gasteiger partial charge in [-0.2, -0.15) is 0 Å². The van der Waals surface area contributed by atoms with Gasteiger partial charge in [0.05, 0.1) is 13.2 Å². The molecule has 0 saturated heterocycles. The molecule has 1 atom stereocenters. The van der Waals surface area contributed by atoms with E-state index in [0.29, 0.717) is 12.1 Å². The number of nitrogens with zero attached hydrogens (tertiary/aromatic N) is 1. The van der Waals surface area contributed by atoms with Crippen molar-refractivity contribution < 1.29 is 4.74 Å². The second kappa shape index (κ2) is 8.74. The van der Waals surface area contributed by atoms with E-state index in [2.05, 4.69) is 75.6 Å². The minimum atomic E-state index is 0.0725. The smallest absolute Gasteiger partial charge is 0.118 e. The number of benzene rings is 2. The lowest BCUT2D eigenvalue weighted by Gasteiger charge is -2.36. The molecule has 0 aliphatic heterocycles. The van der Waals surface area contributed by atoms with Crippen LogP contribution in [0.3, 0.4) is 0 Å². The van der Waals surface area contributed by atoms with Crippen LogP contribution in [0, 0.1) is 18.8 Å². The van der Waals surface area contributed by atoms with Gasteiger partial charge in [-0.25, -0.2) is 0 Å². The highest BCUT2D eigenvalue weighted by molar-refractivity contribution is 5.42. The van der Waals surface area contributed by atoms with Gasteiger partial charge in [0.1, 0.15) is 5.75 Å². The predicted molar refractivity (Wildman–Crippen MR) is 106 cm³/mol. The summed E-state index contributed by atoms with van der Waals surface area (Å²) in [6.45, 7) is 11.1. The highest BCUT2D eigenvalue weighted by Crippen LogP contribution is 2.27. The molecule has 2 aromatic rings. The monoisotopic (exact) mass is 335 g/mol. The van der Waals surface area contributed by atoms with Crippen LogP contribution in [0.15, 0.2) is 48.5 Å². The van der Waals surface area contributed by atoms with Crippen LogP contribution in [0.2, 0.25) is 0 Å². The van der Waals surface area contributed by atoms with Crippen LogP contribution in [0.4, 0.5) is 0 Å². The summed E-state index contributed by atoms with van der Waals surface area (Å²) < 4.78 is 5.22. The number of aryl methyl sites for hydroxylation is 1. The van der Waals surface area contributed by atoms with Gasteiger partial charge in [-0.05, 0) is 70.0 Å². The lowest BCUT2D eigenvalue weighted by molar-refractivity contribution is 0.143. The molecule has 0 radical (unpaired) electrons. The third-order valence-corrected chi connectivity index (χ3v) is 4.42. The van der Waals surface area contributed by atoms with Gasteiger partial charge in [-0.1, -0.05) is 36.1 Å². The molecule has 2 heteroatoms. The maximum absolute atomic E-state index is 5.22. The zero-order chi connectivity index (χ0) is 18.4. The Balaban J connectivity index is 2.45. The Morgan fingerprint density at radius 2 is 1.48 bits per heavy atom. The summed E-state index contributed by atoms with van der Waals surface area (Å²) in [6.07, 6.45) is 0. The Kier molecular flexibility index (Phi) is 6.67. The van der Waals surface area contributed by atoms with Crippen molar-refractivity contribution in [2.75, 3.05) is 7.11 Å². The van der Waals surface area contributed by atoms with E-state index in [0.717, 1.165) is 11.3 Å². The first-order chi connectivity index (χ1) is 11.9. The van der Waals surface area contributed by atoms with Crippen molar-refractivity contribution in [2.24, 2.45) is 0 Å². The van der Waals surface area contributed by atoms with Gasteiger partial charge in [0.25, 0.3) is 0 Å². The van der Waals surface area contributed by atoms with Gasteiger partial charge < -0.3 is 4.74 Å². The summed E-state index contributed by atoms with van der Waals surface area (Å²) in [5.41, 5.74) is 3.57. The maximum atomic E-state index is 5.22. The van der Waals surface area contributed by atoms with E-state index in [1.165, 1.54) is 11.1 Å². The Hall–Kier alpha value is -2.24. The van der Waals surface area contributed by atoms with E-state index in [9.17, 15) is 0 Å². The van der Waals surface area contributed by atoms with Crippen molar-refractivity contribution >= 4 is 0 Å². The largest absolute Gasteiger partial charge is 0.497 e. The van der Waals surface area contributed by atoms with Crippen LogP contribution >= 0.6 is 0 Å². The molecule has 2 nitrogen and oxygen atoms in total. The molecule has 0 aliphatic carbocycles. The number of methoxy groups -OCH3 is 1. The minimum absolute atomic E-state index is 0.0725. The second-order valence-electron chi connectivity index (χ2n) is 6.89. The molecule has 0 bridgehead atoms. The summed E-state index contributed by atoms with van der Waals surface area (Å²) in [6, 6.07) is 17.4. The first kappa shape index (κ1) is 19.1. The van der Waals surface area contributed by atoms with Crippen LogP contribution < -0.4 is 4.74 Å². The van der Waals surface area contributed by atoms with E-state index in [1.807, 2.05) is 24.3 Å². The van der Waals surface area contributed by atoms with Crippen molar-refractivity contribution in [3.05, 3.63) is 65.2 Å². The van der Waals surface area contributed by atoms with Crippen molar-refractivity contribution in [2.45, 2.75) is 52.7 Å². The van der Waals surface area contributed by atoms with E-state index < -0.39 is 0 Å². The molecule has 132 valence electrons. The summed E-state index contributed by atoms with van der Waals surface area (Å²) in [4.78, 5) is 2.47. The molecule has 0 unspecified atom stereocenters. The fourth-order valence-corrected chi connectivity index (χ4v) is 3.23. The molecule has 2 aromatic carbocycles. The second-order valence-corrected chi connectivity index (χ2v) is 6.89. The topological polar surface area (TPSA) is 12.5 Å². The van der Waals surface area contributed by atoms with Crippen molar-refractivity contribution in [1.82, 2.24) is 4.90 Å². The number of rotatable bonds is 5. The maximum Gasteiger partial charge on any atom is 0.118 e. The molecule has 0 amide bonds. The van der Waals surface area contributed by atoms with Crippen LogP contribution in [0.1, 0.15) is 50.4 Å². The summed E-state index contributed by atoms with van der Waals surface area (Å²) in [5.74, 6) is 7.75. The molecule has 0 N–H and O–H groups in total. The van der Waals surface area contributed by atoms with E-state index >= 15 is 0 Å². The van der Waals surface area contributed by atoms with E-state index in [4.69, 9.17) is 4.74 Å². The molecule has 2 rings (SSSR count). The summed E-state index contributed by atoms with van der Waals surface area (Å²) in [5, 5.41) is 0. The minimum Gasteiger partial charge on any atom is -0.497 e. The Labute approximate surface area is 152 Å². The molecule has 0 aliphatic rings. The van der Waals surface area contributed by atoms with E-state index in [-0.39, 0.29) is 6.04 Å². The van der Waals surface area contributed by atoms with Crippen molar-refractivity contribution in [3.63, 3.8) is 0 Å². The molecule has 0 heterocycles. The molecule has 25 heavy (non-hydrogen) atoms. The van der Waals surface area contributed by atoms with Crippen LogP contribution in [0.5, 0.6) is 5.75 Å². The van der Waals surface area contributed by atoms with Gasteiger partial charge in [0.15, 0.2) is 0 Å². The number of ether oxygens (including phenoxy) is 1. The zero-order valence-electron chi connectivity index (χ0n) is 16.2. The van der Waals surface area contributed by atoms with Crippen LogP contribution in [0.25, 0.3) is 0 Å². The highest BCUT2D eigenvalue weighted by Gasteiger charge is 2.24. The van der Waals surface area contributed by atoms with Crippen molar-refractivity contribution in [3.8, 4) is 17.6 Å². The molecule has 0 fully saturated rings. The zero-order valence-corrected chi connectivity index (χ0v) is 16.2. The molecule has 0 saturated carbocycles. The van der Waals surface area contributed by atoms with Crippen LogP contribution in [-0.2, 0) is 0 Å². The SMILES string of the molecule is COc1ccc(C#C[C@@H](c2ccccc2C)N(C(C)C)C(C)C)cc1.